The van der Waals surface area contributed by atoms with Gasteiger partial charge in [0.1, 0.15) is 0 Å². The summed E-state index contributed by atoms with van der Waals surface area (Å²) in [7, 11) is 0. The van der Waals surface area contributed by atoms with Crippen LogP contribution in [0.2, 0.25) is 0 Å². The summed E-state index contributed by atoms with van der Waals surface area (Å²) in [4.78, 5) is 15.7. The quantitative estimate of drug-likeness (QED) is 0.461. The Hall–Kier alpha value is -1.81. The third kappa shape index (κ3) is 4.60. The molecule has 0 rings (SSSR count). The normalized spacial score (nSPS) is 8.15. The summed E-state index contributed by atoms with van der Waals surface area (Å²) in [5.41, 5.74) is 0. The third-order valence-electron chi connectivity index (χ3n) is 1.46. The Morgan fingerprint density at radius 1 is 1.69 bits per heavy atom. The molecule has 0 atom stereocenters. The van der Waals surface area contributed by atoms with Gasteiger partial charge in [-0.05, 0) is 6.08 Å². The molecule has 0 radical (unpaired) electrons. The maximum atomic E-state index is 11.1. The lowest BCUT2D eigenvalue weighted by Crippen LogP contribution is -2.32. The molecule has 1 amide bonds. The minimum Gasteiger partial charge on any atom is -0.331 e. The molecular formula is C9H11N3O. The molecule has 0 N–H and O–H groups in total. The molecule has 0 aliphatic rings. The van der Waals surface area contributed by atoms with E-state index in [-0.39, 0.29) is 18.9 Å². The largest absolute Gasteiger partial charge is 0.331 e. The molecule has 0 aliphatic heterocycles. The second kappa shape index (κ2) is 6.87. The van der Waals surface area contributed by atoms with Crippen LogP contribution in [0.1, 0.15) is 6.42 Å². The van der Waals surface area contributed by atoms with Crippen molar-refractivity contribution in [2.75, 3.05) is 19.6 Å². The molecule has 0 saturated heterocycles. The third-order valence-corrected chi connectivity index (χ3v) is 1.46. The molecule has 4 nitrogen and oxygen atoms in total. The van der Waals surface area contributed by atoms with E-state index >= 15 is 0 Å². The van der Waals surface area contributed by atoms with Gasteiger partial charge >= 0.3 is 0 Å². The van der Waals surface area contributed by atoms with Crippen LogP contribution in [0.4, 0.5) is 0 Å². The van der Waals surface area contributed by atoms with Crippen molar-refractivity contribution in [1.82, 2.24) is 4.90 Å². The Balaban J connectivity index is 4.04. The predicted molar refractivity (Wildman–Crippen MR) is 48.5 cm³/mol. The molecule has 0 aromatic heterocycles. The van der Waals surface area contributed by atoms with Gasteiger partial charge in [0.15, 0.2) is 0 Å². The lowest BCUT2D eigenvalue weighted by atomic mass is 10.3. The molecule has 0 saturated carbocycles. The summed E-state index contributed by atoms with van der Waals surface area (Å²) in [6, 6.07) is 1.95. The molecule has 68 valence electrons. The van der Waals surface area contributed by atoms with Gasteiger partial charge in [-0.2, -0.15) is 5.26 Å². The van der Waals surface area contributed by atoms with Gasteiger partial charge in [-0.1, -0.05) is 6.58 Å². The second-order valence-electron chi connectivity index (χ2n) is 2.32. The smallest absolute Gasteiger partial charge is 0.246 e. The number of carbonyl (C=O) groups is 1. The van der Waals surface area contributed by atoms with Crippen molar-refractivity contribution < 1.29 is 4.79 Å². The summed E-state index contributed by atoms with van der Waals surface area (Å²) in [5, 5.41) is 8.32. The van der Waals surface area contributed by atoms with Crippen LogP contribution in [0.5, 0.6) is 0 Å². The summed E-state index contributed by atoms with van der Waals surface area (Å²) in [6.45, 7) is 10.9. The first-order valence-corrected chi connectivity index (χ1v) is 3.87. The fourth-order valence-electron chi connectivity index (χ4n) is 0.817. The van der Waals surface area contributed by atoms with Crippen molar-refractivity contribution in [2.24, 2.45) is 0 Å². The number of rotatable bonds is 5. The molecule has 4 heteroatoms. The lowest BCUT2D eigenvalue weighted by Gasteiger charge is -2.16. The molecule has 0 fully saturated rings. The minimum atomic E-state index is -0.223. The topological polar surface area (TPSA) is 48.5 Å². The first-order chi connectivity index (χ1) is 6.26. The molecular weight excluding hydrogens is 166 g/mol. The van der Waals surface area contributed by atoms with Gasteiger partial charge in [-0.3, -0.25) is 4.79 Å². The highest BCUT2D eigenvalue weighted by molar-refractivity contribution is 5.87. The standard InChI is InChI=1S/C9H11N3O/c1-3-9(13)12(7-4-5-10)8-6-11-2/h3H,1,4,6-8H2. The van der Waals surface area contributed by atoms with E-state index in [2.05, 4.69) is 11.4 Å². The molecule has 13 heavy (non-hydrogen) atoms. The van der Waals surface area contributed by atoms with Gasteiger partial charge < -0.3 is 9.74 Å². The Kier molecular flexibility index (Phi) is 5.92. The van der Waals surface area contributed by atoms with E-state index in [0.29, 0.717) is 13.1 Å². The van der Waals surface area contributed by atoms with E-state index in [1.54, 1.807) is 0 Å². The molecule has 0 heterocycles. The zero-order chi connectivity index (χ0) is 10.1. The maximum absolute atomic E-state index is 11.1. The number of nitrogens with zero attached hydrogens (tertiary/aromatic N) is 3. The monoisotopic (exact) mass is 177 g/mol. The van der Waals surface area contributed by atoms with E-state index in [0.717, 1.165) is 0 Å². The fourth-order valence-corrected chi connectivity index (χ4v) is 0.817. The number of nitriles is 1. The average molecular weight is 177 g/mol. The highest BCUT2D eigenvalue weighted by Gasteiger charge is 2.09. The van der Waals surface area contributed by atoms with Gasteiger partial charge in [0, 0.05) is 6.54 Å². The number of hydrogen-bond donors (Lipinski definition) is 0. The molecule has 0 aromatic rings. The van der Waals surface area contributed by atoms with E-state index in [9.17, 15) is 4.79 Å². The van der Waals surface area contributed by atoms with E-state index in [4.69, 9.17) is 11.8 Å². The fraction of sp³-hybridized carbons (Fsp3) is 0.444. The van der Waals surface area contributed by atoms with E-state index in [1.165, 1.54) is 11.0 Å². The van der Waals surface area contributed by atoms with Crippen molar-refractivity contribution >= 4 is 5.91 Å². The summed E-state index contributed by atoms with van der Waals surface area (Å²) < 4.78 is 0. The highest BCUT2D eigenvalue weighted by atomic mass is 16.2. The Bertz CT molecular complexity index is 241. The highest BCUT2D eigenvalue weighted by Crippen LogP contribution is 1.93. The zero-order valence-corrected chi connectivity index (χ0v) is 7.36. The minimum absolute atomic E-state index is 0.223. The van der Waals surface area contributed by atoms with Gasteiger partial charge in [-0.15, -0.1) is 0 Å². The lowest BCUT2D eigenvalue weighted by molar-refractivity contribution is -0.125. The molecule has 0 unspecified atom stereocenters. The number of hydrogen-bond acceptors (Lipinski definition) is 2. The molecule has 0 aliphatic carbocycles. The van der Waals surface area contributed by atoms with E-state index < -0.39 is 0 Å². The molecule has 0 bridgehead atoms. The van der Waals surface area contributed by atoms with Gasteiger partial charge in [-0.25, -0.2) is 6.57 Å². The maximum Gasteiger partial charge on any atom is 0.246 e. The van der Waals surface area contributed by atoms with Crippen molar-refractivity contribution in [3.8, 4) is 6.07 Å². The number of amides is 1. The van der Waals surface area contributed by atoms with Crippen LogP contribution in [0.3, 0.4) is 0 Å². The van der Waals surface area contributed by atoms with Crippen molar-refractivity contribution in [3.05, 3.63) is 24.1 Å². The average Bonchev–Trinajstić information content (AvgIpc) is 2.17. The van der Waals surface area contributed by atoms with Gasteiger partial charge in [0.25, 0.3) is 0 Å². The first-order valence-electron chi connectivity index (χ1n) is 3.87. The van der Waals surface area contributed by atoms with Crippen LogP contribution >= 0.6 is 0 Å². The Morgan fingerprint density at radius 2 is 2.38 bits per heavy atom. The van der Waals surface area contributed by atoms with Crippen molar-refractivity contribution in [2.45, 2.75) is 6.42 Å². The Morgan fingerprint density at radius 3 is 2.85 bits per heavy atom. The summed E-state index contributed by atoms with van der Waals surface area (Å²) in [5.74, 6) is -0.223. The van der Waals surface area contributed by atoms with Gasteiger partial charge in [0.2, 0.25) is 12.5 Å². The van der Waals surface area contributed by atoms with Crippen LogP contribution in [0.15, 0.2) is 12.7 Å². The Labute approximate surface area is 77.9 Å². The SMILES string of the molecule is [C-]#[N+]CCN(CCC#N)C(=O)C=C. The van der Waals surface area contributed by atoms with Crippen LogP contribution in [-0.2, 0) is 4.79 Å². The second-order valence-corrected chi connectivity index (χ2v) is 2.32. The van der Waals surface area contributed by atoms with Crippen molar-refractivity contribution in [3.63, 3.8) is 0 Å². The van der Waals surface area contributed by atoms with E-state index in [1.807, 2.05) is 6.07 Å². The van der Waals surface area contributed by atoms with Crippen LogP contribution in [0.25, 0.3) is 4.85 Å². The molecule has 0 aromatic carbocycles. The summed E-state index contributed by atoms with van der Waals surface area (Å²) >= 11 is 0. The van der Waals surface area contributed by atoms with Crippen LogP contribution < -0.4 is 0 Å². The predicted octanol–water partition coefficient (Wildman–Crippen LogP) is 0.834. The van der Waals surface area contributed by atoms with Crippen LogP contribution in [0, 0.1) is 17.9 Å². The number of carbonyl (C=O) groups excluding carboxylic acids is 1. The first kappa shape index (κ1) is 11.2. The zero-order valence-electron chi connectivity index (χ0n) is 7.36. The summed E-state index contributed by atoms with van der Waals surface area (Å²) in [6.07, 6.45) is 1.49. The van der Waals surface area contributed by atoms with Gasteiger partial charge in [0.05, 0.1) is 19.0 Å². The van der Waals surface area contributed by atoms with Crippen LogP contribution in [-0.4, -0.2) is 30.4 Å². The van der Waals surface area contributed by atoms with Crippen molar-refractivity contribution in [1.29, 1.82) is 5.26 Å². The molecule has 0 spiro atoms.